The first-order chi connectivity index (χ1) is 9.31. The first kappa shape index (κ1) is 17.2. The molecule has 0 saturated carbocycles. The highest BCUT2D eigenvalue weighted by atomic mass is 14.9. The van der Waals surface area contributed by atoms with Gasteiger partial charge in [-0.25, -0.2) is 0 Å². The summed E-state index contributed by atoms with van der Waals surface area (Å²) in [5.41, 5.74) is 3.22. The van der Waals surface area contributed by atoms with Crippen LogP contribution in [0.4, 0.5) is 0 Å². The third-order valence-corrected chi connectivity index (χ3v) is 3.68. The molecule has 1 heteroatoms. The second-order valence-corrected chi connectivity index (χ2v) is 7.53. The first-order valence-corrected chi connectivity index (χ1v) is 8.12. The molecule has 0 heterocycles. The van der Waals surface area contributed by atoms with Crippen molar-refractivity contribution in [3.8, 4) is 0 Å². The van der Waals surface area contributed by atoms with Gasteiger partial charge in [0.15, 0.2) is 0 Å². The summed E-state index contributed by atoms with van der Waals surface area (Å²) in [6.07, 6.45) is 3.69. The fourth-order valence-electron chi connectivity index (χ4n) is 3.07. The second kappa shape index (κ2) is 7.83. The van der Waals surface area contributed by atoms with Gasteiger partial charge in [0.25, 0.3) is 0 Å². The number of hydrogen-bond donors (Lipinski definition) is 1. The minimum atomic E-state index is 0.418. The van der Waals surface area contributed by atoms with Crippen molar-refractivity contribution >= 4 is 0 Å². The number of rotatable bonds is 7. The molecule has 0 radical (unpaired) electrons. The molecular formula is C19H33N. The van der Waals surface area contributed by atoms with Crippen LogP contribution >= 0.6 is 0 Å². The van der Waals surface area contributed by atoms with Gasteiger partial charge < -0.3 is 5.32 Å². The van der Waals surface area contributed by atoms with E-state index in [0.29, 0.717) is 11.5 Å². The Hall–Kier alpha value is -0.820. The van der Waals surface area contributed by atoms with Crippen molar-refractivity contribution in [2.45, 2.75) is 66.8 Å². The molecule has 0 amide bonds. The summed E-state index contributed by atoms with van der Waals surface area (Å²) < 4.78 is 0. The molecule has 0 aliphatic rings. The number of aryl methyl sites for hydroxylation is 1. The van der Waals surface area contributed by atoms with Crippen LogP contribution in [0.15, 0.2) is 24.3 Å². The molecule has 0 fully saturated rings. The van der Waals surface area contributed by atoms with Crippen molar-refractivity contribution < 1.29 is 0 Å². The lowest BCUT2D eigenvalue weighted by Gasteiger charge is -2.27. The van der Waals surface area contributed by atoms with Crippen molar-refractivity contribution in [1.82, 2.24) is 5.32 Å². The highest BCUT2D eigenvalue weighted by Gasteiger charge is 2.20. The monoisotopic (exact) mass is 275 g/mol. The summed E-state index contributed by atoms with van der Waals surface area (Å²) in [4.78, 5) is 0. The topological polar surface area (TPSA) is 12.0 Å². The van der Waals surface area contributed by atoms with Crippen LogP contribution in [0.25, 0.3) is 0 Å². The molecule has 1 nitrogen and oxygen atoms in total. The average molecular weight is 275 g/mol. The van der Waals surface area contributed by atoms with Crippen LogP contribution < -0.4 is 5.32 Å². The predicted molar refractivity (Wildman–Crippen MR) is 90.1 cm³/mol. The summed E-state index contributed by atoms with van der Waals surface area (Å²) in [5.74, 6) is 0.741. The zero-order valence-electron chi connectivity index (χ0n) is 14.3. The SMILES string of the molecule is CCCNC(CC(C)CC(C)(C)C)c1cccc(C)c1. The van der Waals surface area contributed by atoms with E-state index in [2.05, 4.69) is 71.1 Å². The third-order valence-electron chi connectivity index (χ3n) is 3.68. The molecular weight excluding hydrogens is 242 g/mol. The molecule has 0 bridgehead atoms. The van der Waals surface area contributed by atoms with E-state index in [1.54, 1.807) is 0 Å². The second-order valence-electron chi connectivity index (χ2n) is 7.53. The van der Waals surface area contributed by atoms with Crippen LogP contribution in [-0.4, -0.2) is 6.54 Å². The predicted octanol–water partition coefficient (Wildman–Crippen LogP) is 5.50. The van der Waals surface area contributed by atoms with Gasteiger partial charge in [0.1, 0.15) is 0 Å². The molecule has 0 spiro atoms. The molecule has 0 saturated heterocycles. The van der Waals surface area contributed by atoms with Crippen molar-refractivity contribution in [3.63, 3.8) is 0 Å². The van der Waals surface area contributed by atoms with E-state index < -0.39 is 0 Å². The summed E-state index contributed by atoms with van der Waals surface area (Å²) >= 11 is 0. The van der Waals surface area contributed by atoms with Crippen LogP contribution in [0.2, 0.25) is 0 Å². The first-order valence-electron chi connectivity index (χ1n) is 8.12. The Morgan fingerprint density at radius 1 is 1.20 bits per heavy atom. The van der Waals surface area contributed by atoms with Gasteiger partial charge in [0.2, 0.25) is 0 Å². The van der Waals surface area contributed by atoms with E-state index in [-0.39, 0.29) is 0 Å². The Kier molecular flexibility index (Phi) is 6.75. The highest BCUT2D eigenvalue weighted by Crippen LogP contribution is 2.30. The summed E-state index contributed by atoms with van der Waals surface area (Å²) in [6.45, 7) is 14.9. The van der Waals surface area contributed by atoms with Gasteiger partial charge in [-0.3, -0.25) is 0 Å². The van der Waals surface area contributed by atoms with E-state index in [9.17, 15) is 0 Å². The average Bonchev–Trinajstić information content (AvgIpc) is 2.32. The lowest BCUT2D eigenvalue weighted by molar-refractivity contribution is 0.276. The molecule has 0 aromatic heterocycles. The molecule has 1 N–H and O–H groups in total. The Labute approximate surface area is 126 Å². The molecule has 0 aliphatic heterocycles. The van der Waals surface area contributed by atoms with Crippen molar-refractivity contribution in [3.05, 3.63) is 35.4 Å². The van der Waals surface area contributed by atoms with Crippen molar-refractivity contribution in [2.75, 3.05) is 6.54 Å². The van der Waals surface area contributed by atoms with E-state index in [1.807, 2.05) is 0 Å². The summed E-state index contributed by atoms with van der Waals surface area (Å²) in [7, 11) is 0. The largest absolute Gasteiger partial charge is 0.310 e. The maximum Gasteiger partial charge on any atom is 0.0322 e. The fraction of sp³-hybridized carbons (Fsp3) is 0.684. The minimum Gasteiger partial charge on any atom is -0.310 e. The molecule has 1 aromatic carbocycles. The van der Waals surface area contributed by atoms with Crippen molar-refractivity contribution in [2.24, 2.45) is 11.3 Å². The molecule has 114 valence electrons. The molecule has 1 rings (SSSR count). The zero-order valence-corrected chi connectivity index (χ0v) is 14.3. The maximum absolute atomic E-state index is 3.73. The van der Waals surface area contributed by atoms with Crippen LogP contribution in [-0.2, 0) is 0 Å². The van der Waals surface area contributed by atoms with Gasteiger partial charge in [-0.2, -0.15) is 0 Å². The van der Waals surface area contributed by atoms with E-state index in [4.69, 9.17) is 0 Å². The lowest BCUT2D eigenvalue weighted by atomic mass is 9.82. The number of hydrogen-bond acceptors (Lipinski definition) is 1. The van der Waals surface area contributed by atoms with Gasteiger partial charge in [-0.15, -0.1) is 0 Å². The molecule has 1 aromatic rings. The van der Waals surface area contributed by atoms with Gasteiger partial charge in [0.05, 0.1) is 0 Å². The van der Waals surface area contributed by atoms with Gasteiger partial charge in [0, 0.05) is 6.04 Å². The quantitative estimate of drug-likeness (QED) is 0.693. The molecule has 2 unspecified atom stereocenters. The van der Waals surface area contributed by atoms with Crippen LogP contribution in [0.3, 0.4) is 0 Å². The number of benzene rings is 1. The number of nitrogens with one attached hydrogen (secondary N) is 1. The Balaban J connectivity index is 2.74. The van der Waals surface area contributed by atoms with E-state index >= 15 is 0 Å². The maximum atomic E-state index is 3.73. The normalized spacial score (nSPS) is 15.1. The van der Waals surface area contributed by atoms with Crippen molar-refractivity contribution in [1.29, 1.82) is 0 Å². The van der Waals surface area contributed by atoms with Gasteiger partial charge >= 0.3 is 0 Å². The Bertz CT molecular complexity index is 389. The Morgan fingerprint density at radius 2 is 1.90 bits per heavy atom. The van der Waals surface area contributed by atoms with E-state index in [0.717, 1.165) is 12.5 Å². The molecule has 2 atom stereocenters. The van der Waals surface area contributed by atoms with Crippen LogP contribution in [0.1, 0.15) is 71.0 Å². The third kappa shape index (κ3) is 6.56. The Morgan fingerprint density at radius 3 is 2.45 bits per heavy atom. The van der Waals surface area contributed by atoms with Gasteiger partial charge in [-0.1, -0.05) is 64.4 Å². The van der Waals surface area contributed by atoms with Gasteiger partial charge in [-0.05, 0) is 49.6 Å². The minimum absolute atomic E-state index is 0.418. The summed E-state index contributed by atoms with van der Waals surface area (Å²) in [5, 5.41) is 3.73. The lowest BCUT2D eigenvalue weighted by Crippen LogP contribution is -2.25. The summed E-state index contributed by atoms with van der Waals surface area (Å²) in [6, 6.07) is 9.45. The molecule has 20 heavy (non-hydrogen) atoms. The van der Waals surface area contributed by atoms with Crippen LogP contribution in [0.5, 0.6) is 0 Å². The van der Waals surface area contributed by atoms with E-state index in [1.165, 1.54) is 30.4 Å². The molecule has 0 aliphatic carbocycles. The fourth-order valence-corrected chi connectivity index (χ4v) is 3.07. The van der Waals surface area contributed by atoms with Crippen LogP contribution in [0, 0.1) is 18.3 Å². The smallest absolute Gasteiger partial charge is 0.0322 e. The highest BCUT2D eigenvalue weighted by molar-refractivity contribution is 5.25. The zero-order chi connectivity index (χ0) is 15.2. The standard InChI is InChI=1S/C19H33N/c1-7-11-20-18(13-16(3)14-19(4,5)6)17-10-8-9-15(2)12-17/h8-10,12,16,18,20H,7,11,13-14H2,1-6H3.